The molecule has 0 saturated heterocycles. The number of rotatable bonds is 8. The third kappa shape index (κ3) is 6.15. The topological polar surface area (TPSA) is 69.0 Å². The molecule has 1 amide bonds. The molecule has 6 nitrogen and oxygen atoms in total. The van der Waals surface area contributed by atoms with Crippen LogP contribution in [-0.2, 0) is 10.2 Å². The summed E-state index contributed by atoms with van der Waals surface area (Å²) in [6.45, 7) is 9.15. The lowest BCUT2D eigenvalue weighted by molar-refractivity contribution is -0.113. The van der Waals surface area contributed by atoms with Crippen LogP contribution in [0.4, 0.5) is 5.69 Å². The molecule has 0 aliphatic heterocycles. The molecule has 4 aromatic carbocycles. The van der Waals surface area contributed by atoms with Gasteiger partial charge in [0.2, 0.25) is 5.91 Å². The summed E-state index contributed by atoms with van der Waals surface area (Å²) in [5.41, 5.74) is 3.93. The normalized spacial score (nSPS) is 11.5. The average molecular weight is 537 g/mol. The molecule has 7 heteroatoms. The maximum atomic E-state index is 12.9. The van der Waals surface area contributed by atoms with Gasteiger partial charge in [-0.1, -0.05) is 87.1 Å². The number of hydrogen-bond acceptors (Lipinski definition) is 5. The van der Waals surface area contributed by atoms with Crippen molar-refractivity contribution in [3.8, 4) is 22.8 Å². The third-order valence-corrected chi connectivity index (χ3v) is 7.34. The lowest BCUT2D eigenvalue weighted by Crippen LogP contribution is -2.14. The van der Waals surface area contributed by atoms with Gasteiger partial charge >= 0.3 is 0 Å². The Morgan fingerprint density at radius 3 is 2.31 bits per heavy atom. The van der Waals surface area contributed by atoms with Crippen LogP contribution in [0.15, 0.2) is 96.2 Å². The van der Waals surface area contributed by atoms with E-state index in [1.807, 2.05) is 72.2 Å². The van der Waals surface area contributed by atoms with Gasteiger partial charge in [0.1, 0.15) is 5.75 Å². The molecule has 198 valence electrons. The monoisotopic (exact) mass is 536 g/mol. The minimum atomic E-state index is -0.104. The standard InChI is InChI=1S/C32H32N4O2S/c1-5-38-28-18-16-27(17-19-28)36-30(23-10-13-25(14-11-23)32(2,3)4)34-35-31(36)39-21-29(37)33-26-15-12-22-8-6-7-9-24(22)20-26/h6-20H,5,21H2,1-4H3,(H,33,37). The zero-order valence-corrected chi connectivity index (χ0v) is 23.5. The Hall–Kier alpha value is -4.10. The van der Waals surface area contributed by atoms with Crippen molar-refractivity contribution in [1.29, 1.82) is 0 Å². The molecule has 5 rings (SSSR count). The van der Waals surface area contributed by atoms with Crippen molar-refractivity contribution in [2.24, 2.45) is 0 Å². The SMILES string of the molecule is CCOc1ccc(-n2c(SCC(=O)Nc3ccc4ccccc4c3)nnc2-c2ccc(C(C)(C)C)cc2)cc1. The zero-order valence-electron chi connectivity index (χ0n) is 22.6. The molecule has 0 aliphatic rings. The van der Waals surface area contributed by atoms with E-state index in [0.717, 1.165) is 39.3 Å². The molecule has 0 spiro atoms. The number of amides is 1. The van der Waals surface area contributed by atoms with Crippen molar-refractivity contribution in [1.82, 2.24) is 14.8 Å². The van der Waals surface area contributed by atoms with E-state index in [0.29, 0.717) is 11.8 Å². The molecular weight excluding hydrogens is 504 g/mol. The second-order valence-electron chi connectivity index (χ2n) is 10.3. The van der Waals surface area contributed by atoms with Gasteiger partial charge in [-0.3, -0.25) is 9.36 Å². The van der Waals surface area contributed by atoms with Crippen LogP contribution in [-0.4, -0.2) is 33.0 Å². The van der Waals surface area contributed by atoms with Gasteiger partial charge in [-0.05, 0) is 65.1 Å². The van der Waals surface area contributed by atoms with Crippen LogP contribution in [0.25, 0.3) is 27.8 Å². The van der Waals surface area contributed by atoms with E-state index >= 15 is 0 Å². The molecule has 0 bridgehead atoms. The zero-order chi connectivity index (χ0) is 27.4. The van der Waals surface area contributed by atoms with Crippen LogP contribution >= 0.6 is 11.8 Å². The largest absolute Gasteiger partial charge is 0.494 e. The number of benzene rings is 4. The predicted molar refractivity (Wildman–Crippen MR) is 160 cm³/mol. The Labute approximate surface area is 233 Å². The van der Waals surface area contributed by atoms with Gasteiger partial charge in [-0.2, -0.15) is 0 Å². The van der Waals surface area contributed by atoms with Gasteiger partial charge in [0, 0.05) is 16.9 Å². The first-order chi connectivity index (χ1) is 18.8. The van der Waals surface area contributed by atoms with E-state index in [9.17, 15) is 4.79 Å². The number of fused-ring (bicyclic) bond motifs is 1. The quantitative estimate of drug-likeness (QED) is 0.208. The van der Waals surface area contributed by atoms with Gasteiger partial charge in [-0.25, -0.2) is 0 Å². The number of carbonyl (C=O) groups is 1. The van der Waals surface area contributed by atoms with Crippen molar-refractivity contribution in [3.05, 3.63) is 96.6 Å². The fourth-order valence-corrected chi connectivity index (χ4v) is 5.11. The summed E-state index contributed by atoms with van der Waals surface area (Å²) >= 11 is 1.36. The Bertz CT molecular complexity index is 1590. The van der Waals surface area contributed by atoms with E-state index in [-0.39, 0.29) is 17.1 Å². The molecule has 0 aliphatic carbocycles. The Kier molecular flexibility index (Phi) is 7.70. The molecule has 0 fully saturated rings. The third-order valence-electron chi connectivity index (χ3n) is 6.41. The molecule has 1 heterocycles. The van der Waals surface area contributed by atoms with Crippen LogP contribution in [0.2, 0.25) is 0 Å². The first kappa shape index (κ1) is 26.5. The fraction of sp³-hybridized carbons (Fsp3) is 0.219. The van der Waals surface area contributed by atoms with Gasteiger partial charge in [0.05, 0.1) is 12.4 Å². The number of nitrogens with one attached hydrogen (secondary N) is 1. The van der Waals surface area contributed by atoms with Crippen LogP contribution in [0.3, 0.4) is 0 Å². The minimum Gasteiger partial charge on any atom is -0.494 e. The van der Waals surface area contributed by atoms with Crippen molar-refractivity contribution >= 4 is 34.1 Å². The number of nitrogens with zero attached hydrogens (tertiary/aromatic N) is 3. The van der Waals surface area contributed by atoms with Crippen LogP contribution in [0.5, 0.6) is 5.75 Å². The summed E-state index contributed by atoms with van der Waals surface area (Å²) in [6.07, 6.45) is 0. The first-order valence-corrected chi connectivity index (χ1v) is 14.0. The number of thioether (sulfide) groups is 1. The maximum Gasteiger partial charge on any atom is 0.234 e. The first-order valence-electron chi connectivity index (χ1n) is 13.0. The van der Waals surface area contributed by atoms with E-state index in [2.05, 4.69) is 66.6 Å². The molecular formula is C32H32N4O2S. The summed E-state index contributed by atoms with van der Waals surface area (Å²) in [7, 11) is 0. The molecule has 39 heavy (non-hydrogen) atoms. The average Bonchev–Trinajstić information content (AvgIpc) is 3.36. The minimum absolute atomic E-state index is 0.0563. The number of aromatic nitrogens is 3. The number of carbonyl (C=O) groups excluding carboxylic acids is 1. The lowest BCUT2D eigenvalue weighted by Gasteiger charge is -2.19. The highest BCUT2D eigenvalue weighted by Gasteiger charge is 2.19. The summed E-state index contributed by atoms with van der Waals surface area (Å²) in [4.78, 5) is 12.9. The Morgan fingerprint density at radius 2 is 1.62 bits per heavy atom. The van der Waals surface area contributed by atoms with Gasteiger partial charge in [0.15, 0.2) is 11.0 Å². The van der Waals surface area contributed by atoms with Crippen molar-refractivity contribution in [2.75, 3.05) is 17.7 Å². The summed E-state index contributed by atoms with van der Waals surface area (Å²) in [5, 5.41) is 14.9. The lowest BCUT2D eigenvalue weighted by atomic mass is 9.87. The van der Waals surface area contributed by atoms with Crippen LogP contribution < -0.4 is 10.1 Å². The highest BCUT2D eigenvalue weighted by molar-refractivity contribution is 7.99. The smallest absolute Gasteiger partial charge is 0.234 e. The number of anilines is 1. The molecule has 0 saturated carbocycles. The molecule has 5 aromatic rings. The second-order valence-corrected chi connectivity index (χ2v) is 11.2. The summed E-state index contributed by atoms with van der Waals surface area (Å²) in [5.74, 6) is 1.62. The Morgan fingerprint density at radius 1 is 0.897 bits per heavy atom. The summed E-state index contributed by atoms with van der Waals surface area (Å²) < 4.78 is 7.63. The van der Waals surface area contributed by atoms with Crippen molar-refractivity contribution in [2.45, 2.75) is 38.3 Å². The molecule has 1 N–H and O–H groups in total. The van der Waals surface area contributed by atoms with Crippen molar-refractivity contribution < 1.29 is 9.53 Å². The molecule has 0 atom stereocenters. The molecule has 1 aromatic heterocycles. The highest BCUT2D eigenvalue weighted by Crippen LogP contribution is 2.31. The molecule has 0 unspecified atom stereocenters. The van der Waals surface area contributed by atoms with Crippen LogP contribution in [0, 0.1) is 0 Å². The van der Waals surface area contributed by atoms with Gasteiger partial charge in [-0.15, -0.1) is 10.2 Å². The summed E-state index contributed by atoms with van der Waals surface area (Å²) in [6, 6.07) is 30.3. The van der Waals surface area contributed by atoms with Gasteiger partial charge < -0.3 is 10.1 Å². The highest BCUT2D eigenvalue weighted by atomic mass is 32.2. The second kappa shape index (κ2) is 11.3. The van der Waals surface area contributed by atoms with E-state index < -0.39 is 0 Å². The van der Waals surface area contributed by atoms with E-state index in [1.165, 1.54) is 17.3 Å². The number of hydrogen-bond donors (Lipinski definition) is 1. The fourth-order valence-electron chi connectivity index (χ4n) is 4.35. The van der Waals surface area contributed by atoms with E-state index in [1.54, 1.807) is 0 Å². The van der Waals surface area contributed by atoms with Gasteiger partial charge in [0.25, 0.3) is 0 Å². The van der Waals surface area contributed by atoms with Crippen LogP contribution in [0.1, 0.15) is 33.3 Å². The predicted octanol–water partition coefficient (Wildman–Crippen LogP) is 7.51. The Balaban J connectivity index is 1.40. The van der Waals surface area contributed by atoms with Crippen molar-refractivity contribution in [3.63, 3.8) is 0 Å². The molecule has 0 radical (unpaired) electrons. The number of ether oxygens (including phenoxy) is 1. The maximum absolute atomic E-state index is 12.9. The van der Waals surface area contributed by atoms with E-state index in [4.69, 9.17) is 4.74 Å².